The average Bonchev–Trinajstić information content (AvgIpc) is 2.43. The number of Topliss-reactive ketones (excluding diaryl/α,β-unsaturated/α-hetero) is 1. The van der Waals surface area contributed by atoms with Crippen LogP contribution < -0.4 is 0 Å². The standard InChI is InChI=1S/C15H11F3OS/c1-9(15(19)10-2-4-11(16)5-3-10)20-12-6-7-13(17)14(18)8-12/h2-9H,1H3. The molecule has 0 aromatic heterocycles. The average molecular weight is 296 g/mol. The Balaban J connectivity index is 2.11. The summed E-state index contributed by atoms with van der Waals surface area (Å²) in [5.74, 6) is -2.48. The molecule has 2 aromatic carbocycles. The maximum absolute atomic E-state index is 13.1. The number of carbonyl (C=O) groups is 1. The summed E-state index contributed by atoms with van der Waals surface area (Å²) in [7, 11) is 0. The first-order valence-corrected chi connectivity index (χ1v) is 6.77. The van der Waals surface area contributed by atoms with Gasteiger partial charge >= 0.3 is 0 Å². The minimum Gasteiger partial charge on any atom is -0.293 e. The van der Waals surface area contributed by atoms with Crippen molar-refractivity contribution in [3.05, 3.63) is 65.5 Å². The predicted octanol–water partition coefficient (Wildman–Crippen LogP) is 4.47. The van der Waals surface area contributed by atoms with Crippen molar-refractivity contribution >= 4 is 17.5 Å². The lowest BCUT2D eigenvalue weighted by atomic mass is 10.1. The number of benzene rings is 2. The molecule has 20 heavy (non-hydrogen) atoms. The van der Waals surface area contributed by atoms with Crippen molar-refractivity contribution in [3.63, 3.8) is 0 Å². The minimum absolute atomic E-state index is 0.195. The number of rotatable bonds is 4. The summed E-state index contributed by atoms with van der Waals surface area (Å²) in [5, 5.41) is -0.481. The van der Waals surface area contributed by atoms with Crippen LogP contribution in [0, 0.1) is 17.5 Å². The molecular formula is C15H11F3OS. The van der Waals surface area contributed by atoms with E-state index in [1.807, 2.05) is 0 Å². The summed E-state index contributed by atoms with van der Waals surface area (Å²) in [5.41, 5.74) is 0.383. The molecule has 5 heteroatoms. The largest absolute Gasteiger partial charge is 0.293 e. The number of ketones is 1. The van der Waals surface area contributed by atoms with Crippen LogP contribution >= 0.6 is 11.8 Å². The van der Waals surface area contributed by atoms with E-state index in [4.69, 9.17) is 0 Å². The van der Waals surface area contributed by atoms with Gasteiger partial charge in [-0.25, -0.2) is 13.2 Å². The number of carbonyl (C=O) groups excluding carboxylic acids is 1. The van der Waals surface area contributed by atoms with Gasteiger partial charge < -0.3 is 0 Å². The molecule has 0 saturated carbocycles. The van der Waals surface area contributed by atoms with Gasteiger partial charge in [-0.05, 0) is 49.4 Å². The molecule has 0 aliphatic heterocycles. The molecule has 0 amide bonds. The highest BCUT2D eigenvalue weighted by atomic mass is 32.2. The molecule has 0 aliphatic carbocycles. The highest BCUT2D eigenvalue weighted by molar-refractivity contribution is 8.00. The third-order valence-corrected chi connectivity index (χ3v) is 3.80. The zero-order chi connectivity index (χ0) is 14.7. The predicted molar refractivity (Wildman–Crippen MR) is 72.4 cm³/mol. The van der Waals surface area contributed by atoms with Crippen LogP contribution in [-0.2, 0) is 0 Å². The van der Waals surface area contributed by atoms with Gasteiger partial charge in [-0.15, -0.1) is 11.8 Å². The summed E-state index contributed by atoms with van der Waals surface area (Å²) >= 11 is 1.12. The molecule has 0 bridgehead atoms. The van der Waals surface area contributed by atoms with Crippen LogP contribution in [0.2, 0.25) is 0 Å². The lowest BCUT2D eigenvalue weighted by Crippen LogP contribution is -2.13. The highest BCUT2D eigenvalue weighted by Gasteiger charge is 2.17. The van der Waals surface area contributed by atoms with E-state index in [1.54, 1.807) is 6.92 Å². The monoisotopic (exact) mass is 296 g/mol. The Bertz CT molecular complexity index is 626. The normalized spacial score (nSPS) is 12.2. The first-order chi connectivity index (χ1) is 9.47. The van der Waals surface area contributed by atoms with E-state index in [-0.39, 0.29) is 5.78 Å². The molecule has 2 aromatic rings. The highest BCUT2D eigenvalue weighted by Crippen LogP contribution is 2.27. The van der Waals surface area contributed by atoms with Gasteiger partial charge in [-0.1, -0.05) is 0 Å². The summed E-state index contributed by atoms with van der Waals surface area (Å²) in [6, 6.07) is 8.71. The van der Waals surface area contributed by atoms with Gasteiger partial charge in [-0.3, -0.25) is 4.79 Å². The molecule has 0 fully saturated rings. The van der Waals surface area contributed by atoms with Crippen LogP contribution in [0.15, 0.2) is 47.4 Å². The third-order valence-electron chi connectivity index (χ3n) is 2.70. The number of hydrogen-bond acceptors (Lipinski definition) is 2. The van der Waals surface area contributed by atoms with Gasteiger partial charge in [0.2, 0.25) is 0 Å². The number of thioether (sulfide) groups is 1. The molecule has 104 valence electrons. The van der Waals surface area contributed by atoms with E-state index in [0.29, 0.717) is 10.5 Å². The molecule has 1 unspecified atom stereocenters. The van der Waals surface area contributed by atoms with Gasteiger partial charge in [0.25, 0.3) is 0 Å². The SMILES string of the molecule is CC(Sc1ccc(F)c(F)c1)C(=O)c1ccc(F)cc1. The fraction of sp³-hybridized carbons (Fsp3) is 0.133. The van der Waals surface area contributed by atoms with Crippen LogP contribution in [0.5, 0.6) is 0 Å². The van der Waals surface area contributed by atoms with Crippen molar-refractivity contribution in [1.29, 1.82) is 0 Å². The Morgan fingerprint density at radius 3 is 2.25 bits per heavy atom. The summed E-state index contributed by atoms with van der Waals surface area (Å²) in [6.07, 6.45) is 0. The molecular weight excluding hydrogens is 285 g/mol. The fourth-order valence-corrected chi connectivity index (χ4v) is 2.63. The minimum atomic E-state index is -0.948. The summed E-state index contributed by atoms with van der Waals surface area (Å²) in [4.78, 5) is 12.6. The first-order valence-electron chi connectivity index (χ1n) is 5.89. The molecule has 0 aliphatic rings. The van der Waals surface area contributed by atoms with E-state index in [1.165, 1.54) is 30.3 Å². The van der Waals surface area contributed by atoms with Crippen molar-refractivity contribution in [1.82, 2.24) is 0 Å². The van der Waals surface area contributed by atoms with Crippen LogP contribution in [0.4, 0.5) is 13.2 Å². The van der Waals surface area contributed by atoms with Gasteiger partial charge in [0.1, 0.15) is 5.82 Å². The fourth-order valence-electron chi connectivity index (χ4n) is 1.66. The van der Waals surface area contributed by atoms with E-state index in [0.717, 1.165) is 23.9 Å². The second-order valence-electron chi connectivity index (χ2n) is 4.21. The first kappa shape index (κ1) is 14.7. The zero-order valence-corrected chi connectivity index (χ0v) is 11.4. The molecule has 1 nitrogen and oxygen atoms in total. The van der Waals surface area contributed by atoms with Crippen LogP contribution in [-0.4, -0.2) is 11.0 Å². The van der Waals surface area contributed by atoms with Gasteiger partial charge in [0.15, 0.2) is 17.4 Å². The van der Waals surface area contributed by atoms with E-state index < -0.39 is 22.7 Å². The molecule has 2 rings (SSSR count). The van der Waals surface area contributed by atoms with Crippen molar-refractivity contribution in [2.45, 2.75) is 17.1 Å². The van der Waals surface area contributed by atoms with E-state index in [9.17, 15) is 18.0 Å². The quantitative estimate of drug-likeness (QED) is 0.612. The third kappa shape index (κ3) is 3.42. The maximum Gasteiger partial charge on any atom is 0.175 e. The molecule has 1 atom stereocenters. The molecule has 0 spiro atoms. The lowest BCUT2D eigenvalue weighted by molar-refractivity contribution is 0.0994. The molecule has 0 radical (unpaired) electrons. The van der Waals surface area contributed by atoms with Gasteiger partial charge in [0.05, 0.1) is 5.25 Å². The Morgan fingerprint density at radius 2 is 1.65 bits per heavy atom. The Kier molecular flexibility index (Phi) is 4.49. The second kappa shape index (κ2) is 6.13. The summed E-state index contributed by atoms with van der Waals surface area (Å²) < 4.78 is 38.7. The van der Waals surface area contributed by atoms with E-state index in [2.05, 4.69) is 0 Å². The van der Waals surface area contributed by atoms with Crippen molar-refractivity contribution in [2.24, 2.45) is 0 Å². The van der Waals surface area contributed by atoms with Crippen molar-refractivity contribution in [2.75, 3.05) is 0 Å². The van der Waals surface area contributed by atoms with Gasteiger partial charge in [0, 0.05) is 10.5 Å². The molecule has 0 heterocycles. The van der Waals surface area contributed by atoms with E-state index >= 15 is 0 Å². The number of halogens is 3. The van der Waals surface area contributed by atoms with Crippen molar-refractivity contribution in [3.8, 4) is 0 Å². The molecule has 0 N–H and O–H groups in total. The maximum atomic E-state index is 13.1. The second-order valence-corrected chi connectivity index (χ2v) is 5.62. The van der Waals surface area contributed by atoms with Crippen LogP contribution in [0.1, 0.15) is 17.3 Å². The van der Waals surface area contributed by atoms with Crippen LogP contribution in [0.25, 0.3) is 0 Å². The Hall–Kier alpha value is -1.75. The van der Waals surface area contributed by atoms with Crippen LogP contribution in [0.3, 0.4) is 0 Å². The topological polar surface area (TPSA) is 17.1 Å². The Labute approximate surface area is 118 Å². The summed E-state index contributed by atoms with van der Waals surface area (Å²) in [6.45, 7) is 1.66. The van der Waals surface area contributed by atoms with Gasteiger partial charge in [-0.2, -0.15) is 0 Å². The number of hydrogen-bond donors (Lipinski definition) is 0. The Morgan fingerprint density at radius 1 is 1.00 bits per heavy atom. The zero-order valence-electron chi connectivity index (χ0n) is 10.6. The smallest absolute Gasteiger partial charge is 0.175 e. The molecule has 0 saturated heterocycles. The van der Waals surface area contributed by atoms with Crippen molar-refractivity contribution < 1.29 is 18.0 Å². The lowest BCUT2D eigenvalue weighted by Gasteiger charge is -2.10.